The summed E-state index contributed by atoms with van der Waals surface area (Å²) in [7, 11) is 0. The highest BCUT2D eigenvalue weighted by Gasteiger charge is 2.47. The predicted molar refractivity (Wildman–Crippen MR) is 60.6 cm³/mol. The zero-order valence-corrected chi connectivity index (χ0v) is 9.36. The second kappa shape index (κ2) is 3.85. The fraction of sp³-hybridized carbons (Fsp3) is 0.333. The lowest BCUT2D eigenvalue weighted by Crippen LogP contribution is -2.36. The molecule has 0 saturated carbocycles. The van der Waals surface area contributed by atoms with E-state index >= 15 is 0 Å². The molecule has 1 atom stereocenters. The lowest BCUT2D eigenvalue weighted by atomic mass is 9.90. The molecule has 0 bridgehead atoms. The minimum Gasteiger partial charge on any atom is -0.481 e. The molecule has 3 N–H and O–H groups in total. The van der Waals surface area contributed by atoms with E-state index in [1.54, 1.807) is 12.1 Å². The Balaban J connectivity index is 2.54. The molecule has 0 aromatic heterocycles. The normalized spacial score (nSPS) is 22.1. The summed E-state index contributed by atoms with van der Waals surface area (Å²) in [4.78, 5) is 22.5. The summed E-state index contributed by atoms with van der Waals surface area (Å²) in [5.41, 5.74) is -0.169. The van der Waals surface area contributed by atoms with Gasteiger partial charge in [-0.2, -0.15) is 0 Å². The van der Waals surface area contributed by atoms with Crippen molar-refractivity contribution in [1.29, 1.82) is 0 Å². The molecule has 2 rings (SSSR count). The summed E-state index contributed by atoms with van der Waals surface area (Å²) in [5, 5.41) is 21.5. The number of aliphatic carboxylic acids is 1. The first-order chi connectivity index (χ1) is 7.99. The number of aryl methyl sites for hydroxylation is 1. The number of anilines is 1. The third kappa shape index (κ3) is 1.68. The van der Waals surface area contributed by atoms with Gasteiger partial charge in [-0.05, 0) is 12.0 Å². The lowest BCUT2D eigenvalue weighted by Gasteiger charge is -2.18. The molecular weight excluding hydrogens is 222 g/mol. The van der Waals surface area contributed by atoms with Gasteiger partial charge < -0.3 is 15.5 Å². The molecular formula is C12H13NO4. The van der Waals surface area contributed by atoms with Crippen LogP contribution < -0.4 is 5.32 Å². The van der Waals surface area contributed by atoms with Gasteiger partial charge >= 0.3 is 5.97 Å². The third-order valence-corrected chi connectivity index (χ3v) is 3.00. The van der Waals surface area contributed by atoms with Gasteiger partial charge in [0.15, 0.2) is 5.60 Å². The van der Waals surface area contributed by atoms with Gasteiger partial charge in [0.25, 0.3) is 5.91 Å². The Labute approximate surface area is 98.1 Å². The third-order valence-electron chi connectivity index (χ3n) is 3.00. The summed E-state index contributed by atoms with van der Waals surface area (Å²) >= 11 is 0. The second-order valence-corrected chi connectivity index (χ2v) is 4.08. The van der Waals surface area contributed by atoms with Crippen LogP contribution in [-0.4, -0.2) is 22.1 Å². The second-order valence-electron chi connectivity index (χ2n) is 4.08. The molecule has 1 heterocycles. The van der Waals surface area contributed by atoms with Crippen LogP contribution >= 0.6 is 0 Å². The Kier molecular flexibility index (Phi) is 2.63. The number of para-hydroxylation sites is 1. The molecule has 5 heteroatoms. The number of nitrogens with one attached hydrogen (secondary N) is 1. The monoisotopic (exact) mass is 235 g/mol. The number of hydrogen-bond acceptors (Lipinski definition) is 3. The number of carbonyl (C=O) groups is 2. The Morgan fingerprint density at radius 2 is 2.18 bits per heavy atom. The van der Waals surface area contributed by atoms with Crippen LogP contribution in [0.25, 0.3) is 0 Å². The summed E-state index contributed by atoms with van der Waals surface area (Å²) in [6, 6.07) is 5.13. The summed E-state index contributed by atoms with van der Waals surface area (Å²) in [5.74, 6) is -1.88. The van der Waals surface area contributed by atoms with Crippen molar-refractivity contribution < 1.29 is 19.8 Å². The van der Waals surface area contributed by atoms with E-state index in [2.05, 4.69) is 5.32 Å². The van der Waals surface area contributed by atoms with Crippen molar-refractivity contribution in [2.24, 2.45) is 0 Å². The van der Waals surface area contributed by atoms with Crippen molar-refractivity contribution in [1.82, 2.24) is 0 Å². The van der Waals surface area contributed by atoms with Gasteiger partial charge in [-0.1, -0.05) is 25.1 Å². The van der Waals surface area contributed by atoms with Crippen molar-refractivity contribution >= 4 is 17.6 Å². The molecule has 1 aliphatic heterocycles. The first-order valence-corrected chi connectivity index (χ1v) is 5.37. The van der Waals surface area contributed by atoms with Crippen LogP contribution in [0.5, 0.6) is 0 Å². The molecule has 0 fully saturated rings. The Morgan fingerprint density at radius 1 is 1.47 bits per heavy atom. The Bertz CT molecular complexity index is 497. The number of carboxylic acids is 1. The van der Waals surface area contributed by atoms with E-state index in [9.17, 15) is 14.7 Å². The van der Waals surface area contributed by atoms with Gasteiger partial charge in [0.1, 0.15) is 0 Å². The maximum Gasteiger partial charge on any atom is 0.307 e. The quantitative estimate of drug-likeness (QED) is 0.725. The minimum atomic E-state index is -1.95. The van der Waals surface area contributed by atoms with Gasteiger partial charge in [0.2, 0.25) is 0 Å². The number of rotatable bonds is 3. The molecule has 1 unspecified atom stereocenters. The number of fused-ring (bicyclic) bond motifs is 1. The maximum atomic E-state index is 11.7. The van der Waals surface area contributed by atoms with E-state index in [1.165, 1.54) is 0 Å². The van der Waals surface area contributed by atoms with Crippen molar-refractivity contribution in [3.63, 3.8) is 0 Å². The maximum absolute atomic E-state index is 11.7. The summed E-state index contributed by atoms with van der Waals surface area (Å²) in [6.07, 6.45) is 0.0750. The number of carbonyl (C=O) groups excluding carboxylic acids is 1. The van der Waals surface area contributed by atoms with Crippen LogP contribution in [0.3, 0.4) is 0 Å². The molecule has 0 spiro atoms. The zero-order chi connectivity index (χ0) is 12.6. The highest BCUT2D eigenvalue weighted by Crippen LogP contribution is 2.40. The average Bonchev–Trinajstić information content (AvgIpc) is 2.51. The number of benzene rings is 1. The van der Waals surface area contributed by atoms with Crippen molar-refractivity contribution in [3.8, 4) is 0 Å². The summed E-state index contributed by atoms with van der Waals surface area (Å²) in [6.45, 7) is 1.93. The van der Waals surface area contributed by atoms with Crippen LogP contribution in [0.1, 0.15) is 24.5 Å². The highest BCUT2D eigenvalue weighted by atomic mass is 16.4. The fourth-order valence-electron chi connectivity index (χ4n) is 2.12. The molecule has 1 aromatic rings. The van der Waals surface area contributed by atoms with Gasteiger partial charge in [-0.3, -0.25) is 9.59 Å². The molecule has 1 aromatic carbocycles. The van der Waals surface area contributed by atoms with E-state index in [0.717, 1.165) is 5.56 Å². The van der Waals surface area contributed by atoms with Gasteiger partial charge in [-0.25, -0.2) is 0 Å². The van der Waals surface area contributed by atoms with Crippen molar-refractivity contribution in [3.05, 3.63) is 29.3 Å². The fourth-order valence-corrected chi connectivity index (χ4v) is 2.12. The van der Waals surface area contributed by atoms with Crippen LogP contribution in [0, 0.1) is 0 Å². The standard InChI is InChI=1S/C12H13NO4/c1-2-7-4-3-5-8-10(7)13-11(16)12(8,17)6-9(14)15/h3-5,17H,2,6H2,1H3,(H,13,16)(H,14,15). The first-order valence-electron chi connectivity index (χ1n) is 5.37. The lowest BCUT2D eigenvalue weighted by molar-refractivity contribution is -0.149. The van der Waals surface area contributed by atoms with Gasteiger partial charge in [0.05, 0.1) is 12.1 Å². The predicted octanol–water partition coefficient (Wildman–Crippen LogP) is 0.863. The van der Waals surface area contributed by atoms with E-state index in [4.69, 9.17) is 5.11 Å². The Hall–Kier alpha value is -1.88. The summed E-state index contributed by atoms with van der Waals surface area (Å²) < 4.78 is 0. The zero-order valence-electron chi connectivity index (χ0n) is 9.36. The molecule has 90 valence electrons. The average molecular weight is 235 g/mol. The molecule has 0 aliphatic carbocycles. The van der Waals surface area contributed by atoms with Crippen molar-refractivity contribution in [2.45, 2.75) is 25.4 Å². The van der Waals surface area contributed by atoms with E-state index in [1.807, 2.05) is 13.0 Å². The number of aliphatic hydroxyl groups is 1. The first kappa shape index (κ1) is 11.6. The van der Waals surface area contributed by atoms with Gasteiger partial charge in [-0.15, -0.1) is 0 Å². The van der Waals surface area contributed by atoms with Crippen LogP contribution in [0.4, 0.5) is 5.69 Å². The molecule has 1 amide bonds. The van der Waals surface area contributed by atoms with Crippen LogP contribution in [-0.2, 0) is 21.6 Å². The van der Waals surface area contributed by atoms with E-state index < -0.39 is 23.9 Å². The number of carboxylic acid groups (broad SMARTS) is 1. The minimum absolute atomic E-state index is 0.351. The van der Waals surface area contributed by atoms with Crippen molar-refractivity contribution in [2.75, 3.05) is 5.32 Å². The molecule has 0 saturated heterocycles. The molecule has 17 heavy (non-hydrogen) atoms. The van der Waals surface area contributed by atoms with E-state index in [-0.39, 0.29) is 0 Å². The Morgan fingerprint density at radius 3 is 2.76 bits per heavy atom. The smallest absolute Gasteiger partial charge is 0.307 e. The number of amides is 1. The molecule has 5 nitrogen and oxygen atoms in total. The van der Waals surface area contributed by atoms with E-state index in [0.29, 0.717) is 17.7 Å². The van der Waals surface area contributed by atoms with Gasteiger partial charge in [0, 0.05) is 5.56 Å². The SMILES string of the molecule is CCc1cccc2c1NC(=O)C2(O)CC(=O)O. The molecule has 0 radical (unpaired) electrons. The molecule has 1 aliphatic rings. The van der Waals surface area contributed by atoms with Crippen LogP contribution in [0.2, 0.25) is 0 Å². The largest absolute Gasteiger partial charge is 0.481 e. The highest BCUT2D eigenvalue weighted by molar-refractivity contribution is 6.07. The van der Waals surface area contributed by atoms with Crippen LogP contribution in [0.15, 0.2) is 18.2 Å². The topological polar surface area (TPSA) is 86.6 Å². The number of hydrogen-bond donors (Lipinski definition) is 3.